The van der Waals surface area contributed by atoms with Crippen LogP contribution in [0.2, 0.25) is 5.02 Å². The van der Waals surface area contributed by atoms with E-state index in [4.69, 9.17) is 11.6 Å². The Balaban J connectivity index is 2.31. The van der Waals surface area contributed by atoms with Gasteiger partial charge in [0.05, 0.1) is 5.56 Å². The molecule has 2 N–H and O–H groups in total. The van der Waals surface area contributed by atoms with Crippen LogP contribution in [0.3, 0.4) is 0 Å². The SMILES string of the molecule is O=C(Nc1cc(C(F)(F)F)c[nH]c1=O)c1cccc(Cl)c1. The topological polar surface area (TPSA) is 62.0 Å². The van der Waals surface area contributed by atoms with E-state index >= 15 is 0 Å². The molecule has 1 amide bonds. The van der Waals surface area contributed by atoms with Crippen LogP contribution in [0, 0.1) is 0 Å². The van der Waals surface area contributed by atoms with Gasteiger partial charge < -0.3 is 10.3 Å². The van der Waals surface area contributed by atoms with E-state index in [2.05, 4.69) is 5.32 Å². The van der Waals surface area contributed by atoms with E-state index in [0.29, 0.717) is 17.3 Å². The van der Waals surface area contributed by atoms with Crippen molar-refractivity contribution in [2.75, 3.05) is 5.32 Å². The molecule has 0 radical (unpaired) electrons. The number of rotatable bonds is 2. The summed E-state index contributed by atoms with van der Waals surface area (Å²) in [6, 6.07) is 6.37. The molecule has 1 heterocycles. The van der Waals surface area contributed by atoms with Crippen LogP contribution in [0.1, 0.15) is 15.9 Å². The molecule has 4 nitrogen and oxygen atoms in total. The van der Waals surface area contributed by atoms with Crippen molar-refractivity contribution in [1.29, 1.82) is 0 Å². The molecule has 0 saturated carbocycles. The highest BCUT2D eigenvalue weighted by Gasteiger charge is 2.31. The zero-order valence-electron chi connectivity index (χ0n) is 10.3. The number of carbonyl (C=O) groups excluding carboxylic acids is 1. The lowest BCUT2D eigenvalue weighted by atomic mass is 10.2. The Bertz CT molecular complexity index is 741. The number of carbonyl (C=O) groups is 1. The first-order chi connectivity index (χ1) is 9.77. The summed E-state index contributed by atoms with van der Waals surface area (Å²) in [6.07, 6.45) is -4.09. The number of amides is 1. The highest BCUT2D eigenvalue weighted by atomic mass is 35.5. The molecule has 1 aromatic heterocycles. The summed E-state index contributed by atoms with van der Waals surface area (Å²) < 4.78 is 37.7. The summed E-state index contributed by atoms with van der Waals surface area (Å²) in [4.78, 5) is 25.3. The molecule has 0 fully saturated rings. The third-order valence-corrected chi connectivity index (χ3v) is 2.80. The molecular weight excluding hydrogens is 309 g/mol. The smallest absolute Gasteiger partial charge is 0.327 e. The van der Waals surface area contributed by atoms with Gasteiger partial charge in [0, 0.05) is 16.8 Å². The van der Waals surface area contributed by atoms with Crippen LogP contribution in [0.15, 0.2) is 41.3 Å². The predicted molar refractivity (Wildman–Crippen MR) is 71.5 cm³/mol. The fourth-order valence-corrected chi connectivity index (χ4v) is 1.75. The molecule has 2 aromatic rings. The van der Waals surface area contributed by atoms with E-state index < -0.39 is 28.9 Å². The van der Waals surface area contributed by atoms with Crippen LogP contribution in [-0.2, 0) is 6.18 Å². The number of alkyl halides is 3. The second-order valence-electron chi connectivity index (χ2n) is 4.09. The summed E-state index contributed by atoms with van der Waals surface area (Å²) in [5.74, 6) is -0.734. The van der Waals surface area contributed by atoms with Crippen molar-refractivity contribution in [1.82, 2.24) is 4.98 Å². The average molecular weight is 317 g/mol. The Kier molecular flexibility index (Phi) is 4.04. The molecule has 8 heteroatoms. The lowest BCUT2D eigenvalue weighted by Gasteiger charge is -2.09. The van der Waals surface area contributed by atoms with Crippen LogP contribution < -0.4 is 10.9 Å². The van der Waals surface area contributed by atoms with Crippen molar-refractivity contribution in [3.63, 3.8) is 0 Å². The van der Waals surface area contributed by atoms with Gasteiger partial charge >= 0.3 is 6.18 Å². The minimum Gasteiger partial charge on any atom is -0.327 e. The standard InChI is InChI=1S/C13H8ClF3N2O2/c14-9-3-1-2-7(4-9)11(20)19-10-5-8(13(15,16)17)6-18-12(10)21/h1-6H,(H,18,21)(H,19,20). The van der Waals surface area contributed by atoms with Gasteiger partial charge in [-0.05, 0) is 24.3 Å². The molecule has 21 heavy (non-hydrogen) atoms. The molecule has 0 spiro atoms. The molecule has 0 aliphatic heterocycles. The van der Waals surface area contributed by atoms with Crippen LogP contribution in [0.4, 0.5) is 18.9 Å². The van der Waals surface area contributed by atoms with Gasteiger partial charge in [-0.3, -0.25) is 9.59 Å². The Morgan fingerprint density at radius 2 is 1.95 bits per heavy atom. The van der Waals surface area contributed by atoms with Crippen molar-refractivity contribution >= 4 is 23.2 Å². The normalized spacial score (nSPS) is 11.2. The van der Waals surface area contributed by atoms with Crippen molar-refractivity contribution in [3.8, 4) is 0 Å². The number of anilines is 1. The summed E-state index contributed by atoms with van der Waals surface area (Å²) in [5, 5.41) is 2.42. The Hall–Kier alpha value is -2.28. The van der Waals surface area contributed by atoms with Crippen LogP contribution in [0.25, 0.3) is 0 Å². The molecule has 0 unspecified atom stereocenters. The first-order valence-electron chi connectivity index (χ1n) is 5.64. The summed E-state index contributed by atoms with van der Waals surface area (Å²) in [6.45, 7) is 0. The number of halogens is 4. The predicted octanol–water partition coefficient (Wildman–Crippen LogP) is 3.30. The number of hydrogen-bond acceptors (Lipinski definition) is 2. The van der Waals surface area contributed by atoms with Crippen molar-refractivity contribution in [3.05, 3.63) is 63.0 Å². The molecule has 0 bridgehead atoms. The molecule has 0 aliphatic carbocycles. The van der Waals surface area contributed by atoms with Gasteiger partial charge in [0.15, 0.2) is 0 Å². The number of nitrogens with one attached hydrogen (secondary N) is 2. The van der Waals surface area contributed by atoms with Crippen molar-refractivity contribution < 1.29 is 18.0 Å². The van der Waals surface area contributed by atoms with Gasteiger partial charge in [-0.25, -0.2) is 0 Å². The van der Waals surface area contributed by atoms with Crippen molar-refractivity contribution in [2.45, 2.75) is 6.18 Å². The fraction of sp³-hybridized carbons (Fsp3) is 0.0769. The fourth-order valence-electron chi connectivity index (χ4n) is 1.56. The Morgan fingerprint density at radius 1 is 1.24 bits per heavy atom. The summed E-state index contributed by atoms with van der Waals surface area (Å²) in [5.41, 5.74) is -2.27. The number of pyridine rings is 1. The van der Waals surface area contributed by atoms with E-state index in [9.17, 15) is 22.8 Å². The molecule has 1 aromatic carbocycles. The zero-order valence-corrected chi connectivity index (χ0v) is 11.0. The molecule has 2 rings (SSSR count). The summed E-state index contributed by atoms with van der Waals surface area (Å²) >= 11 is 5.71. The van der Waals surface area contributed by atoms with Gasteiger partial charge in [0.1, 0.15) is 5.69 Å². The van der Waals surface area contributed by atoms with Crippen molar-refractivity contribution in [2.24, 2.45) is 0 Å². The van der Waals surface area contributed by atoms with Crippen LogP contribution >= 0.6 is 11.6 Å². The zero-order chi connectivity index (χ0) is 15.6. The van der Waals surface area contributed by atoms with Crippen LogP contribution in [-0.4, -0.2) is 10.9 Å². The second-order valence-corrected chi connectivity index (χ2v) is 4.53. The number of hydrogen-bond donors (Lipinski definition) is 2. The maximum Gasteiger partial charge on any atom is 0.417 e. The Morgan fingerprint density at radius 3 is 2.57 bits per heavy atom. The molecule has 110 valence electrons. The third kappa shape index (κ3) is 3.63. The highest BCUT2D eigenvalue weighted by molar-refractivity contribution is 6.31. The van der Waals surface area contributed by atoms with E-state index in [1.54, 1.807) is 0 Å². The minimum atomic E-state index is -4.63. The van der Waals surface area contributed by atoms with Gasteiger partial charge in [0.25, 0.3) is 11.5 Å². The third-order valence-electron chi connectivity index (χ3n) is 2.57. The number of H-pyrrole nitrogens is 1. The monoisotopic (exact) mass is 316 g/mol. The van der Waals surface area contributed by atoms with Gasteiger partial charge in [-0.2, -0.15) is 13.2 Å². The lowest BCUT2D eigenvalue weighted by molar-refractivity contribution is -0.137. The first kappa shape index (κ1) is 15.1. The molecule has 0 atom stereocenters. The maximum absolute atomic E-state index is 12.6. The van der Waals surface area contributed by atoms with E-state index in [1.165, 1.54) is 24.3 Å². The molecular formula is C13H8ClF3N2O2. The number of aromatic amines is 1. The average Bonchev–Trinajstić information content (AvgIpc) is 2.40. The number of benzene rings is 1. The maximum atomic E-state index is 12.6. The largest absolute Gasteiger partial charge is 0.417 e. The van der Waals surface area contributed by atoms with E-state index in [-0.39, 0.29) is 5.56 Å². The van der Waals surface area contributed by atoms with Gasteiger partial charge in [-0.15, -0.1) is 0 Å². The second kappa shape index (κ2) is 5.61. The Labute approximate surface area is 121 Å². The molecule has 0 saturated heterocycles. The van der Waals surface area contributed by atoms with Gasteiger partial charge in [0.2, 0.25) is 0 Å². The lowest BCUT2D eigenvalue weighted by Crippen LogP contribution is -2.21. The summed E-state index contributed by atoms with van der Waals surface area (Å²) in [7, 11) is 0. The number of aromatic nitrogens is 1. The van der Waals surface area contributed by atoms with Gasteiger partial charge in [-0.1, -0.05) is 17.7 Å². The molecule has 0 aliphatic rings. The first-order valence-corrected chi connectivity index (χ1v) is 6.02. The van der Waals surface area contributed by atoms with E-state index in [0.717, 1.165) is 0 Å². The quantitative estimate of drug-likeness (QED) is 0.893. The van der Waals surface area contributed by atoms with E-state index in [1.807, 2.05) is 4.98 Å². The van der Waals surface area contributed by atoms with Crippen LogP contribution in [0.5, 0.6) is 0 Å². The minimum absolute atomic E-state index is 0.124. The highest BCUT2D eigenvalue weighted by Crippen LogP contribution is 2.29.